The number of nitrogens with two attached hydrogens (primary N) is 1. The van der Waals surface area contributed by atoms with Gasteiger partial charge in [-0.3, -0.25) is 9.20 Å². The van der Waals surface area contributed by atoms with Crippen molar-refractivity contribution in [3.8, 4) is 0 Å². The molecule has 0 bridgehead atoms. The minimum absolute atomic E-state index is 0. The predicted molar refractivity (Wildman–Crippen MR) is 102 cm³/mol. The third-order valence-electron chi connectivity index (χ3n) is 3.30. The van der Waals surface area contributed by atoms with Gasteiger partial charge in [0.05, 0.1) is 12.6 Å². The van der Waals surface area contributed by atoms with E-state index in [4.69, 9.17) is 10.5 Å². The maximum Gasteiger partial charge on any atom is 0.188 e. The number of nitrogens with zero attached hydrogens (tertiary/aromatic N) is 1. The van der Waals surface area contributed by atoms with Crippen molar-refractivity contribution in [2.45, 2.75) is 24.7 Å². The van der Waals surface area contributed by atoms with Gasteiger partial charge >= 0.3 is 0 Å². The minimum atomic E-state index is -0.891. The third kappa shape index (κ3) is 7.55. The number of nitrogens with one attached hydrogen (secondary N) is 1. The van der Waals surface area contributed by atoms with E-state index in [2.05, 4.69) is 10.3 Å². The Hall–Kier alpha value is -0.670. The summed E-state index contributed by atoms with van der Waals surface area (Å²) in [7, 11) is -0.891. The van der Waals surface area contributed by atoms with Crippen molar-refractivity contribution in [1.82, 2.24) is 5.32 Å². The summed E-state index contributed by atoms with van der Waals surface area (Å²) < 4.78 is 17.4. The molecule has 0 saturated carbocycles. The summed E-state index contributed by atoms with van der Waals surface area (Å²) in [6, 6.07) is 9.85. The van der Waals surface area contributed by atoms with E-state index in [9.17, 15) is 4.21 Å². The number of hydrogen-bond donors (Lipinski definition) is 2. The van der Waals surface area contributed by atoms with E-state index in [0.29, 0.717) is 30.6 Å². The van der Waals surface area contributed by atoms with Gasteiger partial charge in [0.2, 0.25) is 0 Å². The molecule has 0 aliphatic carbocycles. The summed E-state index contributed by atoms with van der Waals surface area (Å²) in [4.78, 5) is 4.25. The molecule has 1 heterocycles. The molecule has 1 fully saturated rings. The van der Waals surface area contributed by atoms with Crippen LogP contribution in [0.1, 0.15) is 18.4 Å². The first-order valence-electron chi connectivity index (χ1n) is 7.28. The summed E-state index contributed by atoms with van der Waals surface area (Å²) >= 11 is 0. The summed E-state index contributed by atoms with van der Waals surface area (Å²) in [6.07, 6.45) is 2.36. The van der Waals surface area contributed by atoms with Crippen molar-refractivity contribution in [2.24, 2.45) is 10.7 Å². The van der Waals surface area contributed by atoms with Gasteiger partial charge in [-0.15, -0.1) is 24.0 Å². The lowest BCUT2D eigenvalue weighted by Gasteiger charge is -2.08. The van der Waals surface area contributed by atoms with Crippen LogP contribution in [0.4, 0.5) is 0 Å². The summed E-state index contributed by atoms with van der Waals surface area (Å²) in [6.45, 7) is 2.00. The highest BCUT2D eigenvalue weighted by Gasteiger charge is 2.14. The average Bonchev–Trinajstić information content (AvgIpc) is 2.99. The predicted octanol–water partition coefficient (Wildman–Crippen LogP) is 1.64. The molecular formula is C15H24IN3O2S. The van der Waals surface area contributed by atoms with Gasteiger partial charge < -0.3 is 15.8 Å². The Morgan fingerprint density at radius 1 is 1.41 bits per heavy atom. The Morgan fingerprint density at radius 3 is 2.86 bits per heavy atom. The number of rotatable bonds is 7. The molecule has 22 heavy (non-hydrogen) atoms. The number of aliphatic imine (C=N–C) groups is 1. The van der Waals surface area contributed by atoms with E-state index in [1.165, 1.54) is 0 Å². The van der Waals surface area contributed by atoms with Crippen molar-refractivity contribution >= 4 is 40.7 Å². The number of halogens is 1. The molecule has 124 valence electrons. The monoisotopic (exact) mass is 437 g/mol. The third-order valence-corrected chi connectivity index (χ3v) is 4.61. The fourth-order valence-corrected chi connectivity index (χ4v) is 3.21. The van der Waals surface area contributed by atoms with Gasteiger partial charge in [-0.1, -0.05) is 30.3 Å². The van der Waals surface area contributed by atoms with Crippen molar-refractivity contribution in [3.63, 3.8) is 0 Å². The van der Waals surface area contributed by atoms with Crippen molar-refractivity contribution < 1.29 is 8.95 Å². The van der Waals surface area contributed by atoms with Crippen molar-refractivity contribution in [1.29, 1.82) is 0 Å². The summed E-state index contributed by atoms with van der Waals surface area (Å²) in [5.41, 5.74) is 6.87. The first-order valence-corrected chi connectivity index (χ1v) is 8.77. The summed E-state index contributed by atoms with van der Waals surface area (Å²) in [5.74, 6) is 1.54. The Kier molecular flexibility index (Phi) is 9.65. The lowest BCUT2D eigenvalue weighted by Crippen LogP contribution is -2.35. The number of benzene rings is 1. The van der Waals surface area contributed by atoms with Gasteiger partial charge in [0.1, 0.15) is 0 Å². The lowest BCUT2D eigenvalue weighted by atomic mass is 10.2. The maximum atomic E-state index is 11.9. The minimum Gasteiger partial charge on any atom is -0.376 e. The quantitative estimate of drug-likeness (QED) is 0.386. The number of ether oxygens (including phenoxy) is 1. The zero-order valence-electron chi connectivity index (χ0n) is 12.6. The van der Waals surface area contributed by atoms with Crippen LogP contribution in [-0.2, 0) is 21.3 Å². The van der Waals surface area contributed by atoms with Crippen molar-refractivity contribution in [3.05, 3.63) is 35.9 Å². The maximum absolute atomic E-state index is 11.9. The van der Waals surface area contributed by atoms with Crippen LogP contribution in [0.3, 0.4) is 0 Å². The van der Waals surface area contributed by atoms with Crippen LogP contribution in [0.15, 0.2) is 35.3 Å². The second kappa shape index (κ2) is 11.0. The van der Waals surface area contributed by atoms with E-state index in [1.54, 1.807) is 0 Å². The highest BCUT2D eigenvalue weighted by molar-refractivity contribution is 14.0. The highest BCUT2D eigenvalue weighted by atomic mass is 127. The molecule has 1 aliphatic rings. The van der Waals surface area contributed by atoms with Gasteiger partial charge in [-0.05, 0) is 18.4 Å². The molecule has 1 aromatic carbocycles. The van der Waals surface area contributed by atoms with Crippen LogP contribution in [0.2, 0.25) is 0 Å². The Bertz CT molecular complexity index is 479. The normalized spacial score (nSPS) is 19.5. The van der Waals surface area contributed by atoms with Crippen LogP contribution in [-0.4, -0.2) is 41.7 Å². The van der Waals surface area contributed by atoms with E-state index < -0.39 is 10.8 Å². The molecule has 2 atom stereocenters. The SMILES string of the molecule is I.NC(=NCC1CCCO1)NCCS(=O)Cc1ccccc1. The van der Waals surface area contributed by atoms with E-state index in [1.807, 2.05) is 30.3 Å². The van der Waals surface area contributed by atoms with Crippen LogP contribution < -0.4 is 11.1 Å². The largest absolute Gasteiger partial charge is 0.376 e. The van der Waals surface area contributed by atoms with Crippen LogP contribution in [0, 0.1) is 0 Å². The van der Waals surface area contributed by atoms with E-state index in [-0.39, 0.29) is 30.1 Å². The zero-order valence-corrected chi connectivity index (χ0v) is 15.7. The van der Waals surface area contributed by atoms with Gasteiger partial charge in [0, 0.05) is 35.5 Å². The highest BCUT2D eigenvalue weighted by Crippen LogP contribution is 2.11. The average molecular weight is 437 g/mol. The molecule has 3 N–H and O–H groups in total. The molecule has 0 spiro atoms. The van der Waals surface area contributed by atoms with Crippen molar-refractivity contribution in [2.75, 3.05) is 25.4 Å². The second-order valence-electron chi connectivity index (χ2n) is 5.06. The first kappa shape index (κ1) is 19.4. The Balaban J connectivity index is 0.00000242. The number of hydrogen-bond acceptors (Lipinski definition) is 3. The Labute approximate surface area is 151 Å². The van der Waals surface area contributed by atoms with Gasteiger partial charge in [-0.25, -0.2) is 0 Å². The summed E-state index contributed by atoms with van der Waals surface area (Å²) in [5, 5.41) is 3.00. The topological polar surface area (TPSA) is 76.7 Å². The lowest BCUT2D eigenvalue weighted by molar-refractivity contribution is 0.118. The fourth-order valence-electron chi connectivity index (χ4n) is 2.17. The molecular weight excluding hydrogens is 413 g/mol. The molecule has 2 rings (SSSR count). The molecule has 0 radical (unpaired) electrons. The van der Waals surface area contributed by atoms with Crippen LogP contribution in [0.5, 0.6) is 0 Å². The fraction of sp³-hybridized carbons (Fsp3) is 0.533. The van der Waals surface area contributed by atoms with E-state index in [0.717, 1.165) is 25.0 Å². The molecule has 1 aliphatic heterocycles. The van der Waals surface area contributed by atoms with Gasteiger partial charge in [-0.2, -0.15) is 0 Å². The Morgan fingerprint density at radius 2 is 2.18 bits per heavy atom. The number of guanidine groups is 1. The molecule has 0 aromatic heterocycles. The molecule has 5 nitrogen and oxygen atoms in total. The standard InChI is InChI=1S/C15H23N3O2S.HI/c16-15(18-11-14-7-4-9-20-14)17-8-10-21(19)12-13-5-2-1-3-6-13;/h1-3,5-6,14H,4,7-12H2,(H3,16,17,18);1H. The molecule has 1 saturated heterocycles. The first-order chi connectivity index (χ1) is 10.2. The molecule has 7 heteroatoms. The molecule has 2 unspecified atom stereocenters. The van der Waals surface area contributed by atoms with Crippen LogP contribution in [0.25, 0.3) is 0 Å². The van der Waals surface area contributed by atoms with Gasteiger partial charge in [0.15, 0.2) is 5.96 Å². The second-order valence-corrected chi connectivity index (χ2v) is 6.64. The molecule has 1 aromatic rings. The van der Waals surface area contributed by atoms with E-state index >= 15 is 0 Å². The smallest absolute Gasteiger partial charge is 0.188 e. The molecule has 0 amide bonds. The van der Waals surface area contributed by atoms with Crippen LogP contribution >= 0.6 is 24.0 Å². The van der Waals surface area contributed by atoms with Gasteiger partial charge in [0.25, 0.3) is 0 Å². The zero-order chi connectivity index (χ0) is 14.9.